The fraction of sp³-hybridized carbons (Fsp3) is 0.629. The zero-order chi connectivity index (χ0) is 31.1. The lowest BCUT2D eigenvalue weighted by atomic mass is 9.88. The van der Waals surface area contributed by atoms with E-state index in [9.17, 15) is 9.59 Å². The number of hydrogen-bond donors (Lipinski definition) is 0. The number of thiophene rings is 1. The average molecular weight is 608 g/mol. The van der Waals surface area contributed by atoms with Gasteiger partial charge in [-0.15, -0.1) is 11.3 Å². The average Bonchev–Trinajstić information content (AvgIpc) is 3.63. The maximum absolute atomic E-state index is 13.8. The highest BCUT2D eigenvalue weighted by Gasteiger charge is 2.31. The Hall–Kier alpha value is -2.55. The van der Waals surface area contributed by atoms with Gasteiger partial charge in [0.1, 0.15) is 5.82 Å². The molecule has 0 N–H and O–H groups in total. The van der Waals surface area contributed by atoms with Crippen molar-refractivity contribution >= 4 is 34.1 Å². The first kappa shape index (κ1) is 33.3. The zero-order valence-electron chi connectivity index (χ0n) is 27.5. The van der Waals surface area contributed by atoms with E-state index in [-0.39, 0.29) is 24.0 Å². The number of imidazole rings is 1. The zero-order valence-corrected chi connectivity index (χ0v) is 28.3. The summed E-state index contributed by atoms with van der Waals surface area (Å²) < 4.78 is 2.38. The second kappa shape index (κ2) is 15.4. The lowest BCUT2D eigenvalue weighted by molar-refractivity contribution is -0.137. The number of ketones is 1. The monoisotopic (exact) mass is 607 g/mol. The Morgan fingerprint density at radius 1 is 1.05 bits per heavy atom. The second-order valence-electron chi connectivity index (χ2n) is 13.1. The number of carbonyl (C=O) groups excluding carboxylic acids is 2. The normalized spacial score (nSPS) is 15.5. The smallest absolute Gasteiger partial charge is 0.226 e. The number of likely N-dealkylation sites (tertiary alicyclic amines) is 1. The van der Waals surface area contributed by atoms with Crippen LogP contribution in [0.1, 0.15) is 93.3 Å². The Labute approximate surface area is 263 Å². The molecule has 0 unspecified atom stereocenters. The van der Waals surface area contributed by atoms with E-state index in [0.29, 0.717) is 23.6 Å². The number of benzene rings is 1. The Morgan fingerprint density at radius 2 is 1.77 bits per heavy atom. The minimum absolute atomic E-state index is 0.0381. The van der Waals surface area contributed by atoms with Gasteiger partial charge in [-0.25, -0.2) is 4.98 Å². The van der Waals surface area contributed by atoms with E-state index in [4.69, 9.17) is 4.98 Å². The van der Waals surface area contributed by atoms with E-state index in [0.717, 1.165) is 81.6 Å². The number of rotatable bonds is 15. The summed E-state index contributed by atoms with van der Waals surface area (Å²) in [4.78, 5) is 40.5. The number of piperidine rings is 1. The summed E-state index contributed by atoms with van der Waals surface area (Å²) >= 11 is 1.75. The molecule has 1 aliphatic heterocycles. The molecule has 2 aromatic heterocycles. The molecule has 1 atom stereocenters. The third-order valence-corrected chi connectivity index (χ3v) is 10.0. The molecule has 7 nitrogen and oxygen atoms in total. The SMILES string of the molecule is CCC(CC)n1c(Cc2cccs2)nc2cc(C(=O)C[C@@H](CC(C)C)C(=O)N3CCC(N(C)CCN(C)C)CC3)ccc21. The lowest BCUT2D eigenvalue weighted by Crippen LogP contribution is -2.48. The topological polar surface area (TPSA) is 61.7 Å². The second-order valence-corrected chi connectivity index (χ2v) is 14.2. The highest BCUT2D eigenvalue weighted by Crippen LogP contribution is 2.30. The molecule has 3 aromatic rings. The summed E-state index contributed by atoms with van der Waals surface area (Å²) in [6.07, 6.45) is 5.80. The van der Waals surface area contributed by atoms with E-state index in [1.807, 2.05) is 17.0 Å². The molecule has 8 heteroatoms. The van der Waals surface area contributed by atoms with Crippen molar-refractivity contribution in [2.24, 2.45) is 11.8 Å². The predicted octanol–water partition coefficient (Wildman–Crippen LogP) is 6.77. The molecule has 1 amide bonds. The van der Waals surface area contributed by atoms with E-state index >= 15 is 0 Å². The van der Waals surface area contributed by atoms with Gasteiger partial charge in [-0.1, -0.05) is 33.8 Å². The highest BCUT2D eigenvalue weighted by atomic mass is 32.1. The van der Waals surface area contributed by atoms with Crippen LogP contribution in [0.25, 0.3) is 11.0 Å². The number of fused-ring (bicyclic) bond motifs is 1. The Morgan fingerprint density at radius 3 is 2.37 bits per heavy atom. The molecule has 1 aliphatic rings. The van der Waals surface area contributed by atoms with E-state index in [1.165, 1.54) is 4.88 Å². The molecule has 0 saturated carbocycles. The Kier molecular flexibility index (Phi) is 12.0. The summed E-state index contributed by atoms with van der Waals surface area (Å²) in [5.74, 6) is 1.29. The summed E-state index contributed by atoms with van der Waals surface area (Å²) in [5, 5.41) is 2.11. The third-order valence-electron chi connectivity index (χ3n) is 9.14. The van der Waals surface area contributed by atoms with E-state index in [2.05, 4.69) is 86.8 Å². The van der Waals surface area contributed by atoms with Crippen molar-refractivity contribution < 1.29 is 9.59 Å². The molecule has 3 heterocycles. The van der Waals surface area contributed by atoms with E-state index in [1.54, 1.807) is 11.3 Å². The third kappa shape index (κ3) is 8.55. The van der Waals surface area contributed by atoms with Crippen molar-refractivity contribution in [3.05, 3.63) is 52.0 Å². The van der Waals surface area contributed by atoms with Crippen molar-refractivity contribution in [2.45, 2.75) is 84.7 Å². The largest absolute Gasteiger partial charge is 0.342 e. The molecular weight excluding hydrogens is 554 g/mol. The first-order valence-electron chi connectivity index (χ1n) is 16.3. The van der Waals surface area contributed by atoms with Crippen LogP contribution in [0.3, 0.4) is 0 Å². The maximum atomic E-state index is 13.8. The van der Waals surface area contributed by atoms with Crippen molar-refractivity contribution in [3.63, 3.8) is 0 Å². The van der Waals surface area contributed by atoms with Gasteiger partial charge >= 0.3 is 0 Å². The van der Waals surface area contributed by atoms with Crippen molar-refractivity contribution in [3.8, 4) is 0 Å². The highest BCUT2D eigenvalue weighted by molar-refractivity contribution is 7.09. The van der Waals surface area contributed by atoms with Crippen LogP contribution in [0.5, 0.6) is 0 Å². The number of Topliss-reactive ketones (excluding diaryl/α,β-unsaturated/α-hetero) is 1. The molecule has 0 spiro atoms. The van der Waals surface area contributed by atoms with E-state index < -0.39 is 0 Å². The van der Waals surface area contributed by atoms with Gasteiger partial charge in [-0.2, -0.15) is 0 Å². The minimum atomic E-state index is -0.289. The molecule has 1 aromatic carbocycles. The number of carbonyl (C=O) groups is 2. The van der Waals surface area contributed by atoms with Gasteiger partial charge in [-0.3, -0.25) is 9.59 Å². The van der Waals surface area contributed by atoms with Crippen molar-refractivity contribution in [1.29, 1.82) is 0 Å². The predicted molar refractivity (Wildman–Crippen MR) is 179 cm³/mol. The molecule has 1 fully saturated rings. The Bertz CT molecular complexity index is 1320. The van der Waals surface area contributed by atoms with Crippen LogP contribution in [-0.2, 0) is 11.2 Å². The Balaban J connectivity index is 1.48. The lowest BCUT2D eigenvalue weighted by Gasteiger charge is -2.38. The summed E-state index contributed by atoms with van der Waals surface area (Å²) in [6.45, 7) is 12.3. The van der Waals surface area contributed by atoms with Gasteiger partial charge < -0.3 is 19.3 Å². The summed E-state index contributed by atoms with van der Waals surface area (Å²) in [5.41, 5.74) is 2.62. The maximum Gasteiger partial charge on any atom is 0.226 e. The van der Waals surface area contributed by atoms with Gasteiger partial charge in [-0.05, 0) is 88.8 Å². The fourth-order valence-corrected chi connectivity index (χ4v) is 7.29. The van der Waals surface area contributed by atoms with Crippen LogP contribution in [0.4, 0.5) is 0 Å². The van der Waals surface area contributed by atoms with Gasteiger partial charge in [0.2, 0.25) is 5.91 Å². The van der Waals surface area contributed by atoms with Gasteiger partial charge in [0.15, 0.2) is 5.78 Å². The molecule has 0 aliphatic carbocycles. The van der Waals surface area contributed by atoms with Gasteiger partial charge in [0.25, 0.3) is 0 Å². The van der Waals surface area contributed by atoms with Crippen molar-refractivity contribution in [1.82, 2.24) is 24.3 Å². The number of nitrogens with zero attached hydrogens (tertiary/aromatic N) is 5. The molecule has 236 valence electrons. The number of amides is 1. The molecule has 43 heavy (non-hydrogen) atoms. The summed E-state index contributed by atoms with van der Waals surface area (Å²) in [7, 11) is 6.41. The van der Waals surface area contributed by atoms with Crippen LogP contribution in [0, 0.1) is 11.8 Å². The van der Waals surface area contributed by atoms with Crippen LogP contribution in [0.15, 0.2) is 35.7 Å². The number of hydrogen-bond acceptors (Lipinski definition) is 6. The first-order chi connectivity index (χ1) is 20.6. The van der Waals surface area contributed by atoms with Gasteiger partial charge in [0.05, 0.1) is 11.0 Å². The quantitative estimate of drug-likeness (QED) is 0.179. The first-order valence-corrected chi connectivity index (χ1v) is 17.2. The fourth-order valence-electron chi connectivity index (χ4n) is 6.58. The number of likely N-dealkylation sites (N-methyl/N-ethyl adjacent to an activating group) is 2. The molecule has 0 radical (unpaired) electrons. The summed E-state index contributed by atoms with van der Waals surface area (Å²) in [6, 6.07) is 11.1. The molecule has 1 saturated heterocycles. The van der Waals surface area contributed by atoms with Crippen LogP contribution in [-0.4, -0.2) is 89.3 Å². The van der Waals surface area contributed by atoms with Crippen LogP contribution >= 0.6 is 11.3 Å². The standard InChI is InChI=1S/C35H53N5O2S/c1-8-28(9-2)40-32-13-12-26(22-31(32)36-34(40)24-30-11-10-20-43-30)33(41)23-27(21-25(3)4)35(42)39-16-14-29(15-17-39)38(7)19-18-37(5)6/h10-13,20,22,25,27-29H,8-9,14-19,21,23-24H2,1-7H3/t27-/m1/s1. The molecule has 4 rings (SSSR count). The van der Waals surface area contributed by atoms with Crippen LogP contribution in [0.2, 0.25) is 0 Å². The molecule has 0 bridgehead atoms. The molecular formula is C35H53N5O2S. The number of aromatic nitrogens is 2. The van der Waals surface area contributed by atoms with Gasteiger partial charge in [0, 0.05) is 67.5 Å². The van der Waals surface area contributed by atoms with Crippen LogP contribution < -0.4 is 0 Å². The minimum Gasteiger partial charge on any atom is -0.342 e. The van der Waals surface area contributed by atoms with Crippen molar-refractivity contribution in [2.75, 3.05) is 47.3 Å².